The molecule has 0 amide bonds. The van der Waals surface area contributed by atoms with Gasteiger partial charge in [0.15, 0.2) is 0 Å². The van der Waals surface area contributed by atoms with E-state index in [0.29, 0.717) is 12.0 Å². The minimum Gasteiger partial charge on any atom is -0.392 e. The van der Waals surface area contributed by atoms with E-state index in [1.165, 1.54) is 16.7 Å². The summed E-state index contributed by atoms with van der Waals surface area (Å²) in [5, 5.41) is 12.9. The lowest BCUT2D eigenvalue weighted by molar-refractivity contribution is 0.281. The molecule has 134 valence electrons. The number of rotatable bonds is 8. The fraction of sp³-hybridized carbons (Fsp3) is 0.250. The van der Waals surface area contributed by atoms with Gasteiger partial charge in [-0.25, -0.2) is 0 Å². The van der Waals surface area contributed by atoms with Gasteiger partial charge in [-0.3, -0.25) is 0 Å². The topological polar surface area (TPSA) is 32.3 Å². The second kappa shape index (κ2) is 9.33. The Labute approximate surface area is 156 Å². The van der Waals surface area contributed by atoms with Crippen LogP contribution in [0.25, 0.3) is 0 Å². The van der Waals surface area contributed by atoms with Crippen LogP contribution >= 0.6 is 0 Å². The zero-order valence-electron chi connectivity index (χ0n) is 15.3. The molecule has 0 aliphatic heterocycles. The highest BCUT2D eigenvalue weighted by Gasteiger charge is 2.17. The molecule has 2 nitrogen and oxygen atoms in total. The SMILES string of the molecule is CC(CC(c1ccccc1)c1ccccc1)NCc1cccc(CO)c1. The lowest BCUT2D eigenvalue weighted by atomic mass is 9.86. The standard InChI is InChI=1S/C24H27NO/c1-19(25-17-20-9-8-10-21(16-20)18-26)15-24(22-11-4-2-5-12-22)23-13-6-3-7-14-23/h2-14,16,19,24-26H,15,17-18H2,1H3. The Morgan fingerprint density at radius 1 is 0.769 bits per heavy atom. The molecule has 26 heavy (non-hydrogen) atoms. The van der Waals surface area contributed by atoms with Crippen molar-refractivity contribution >= 4 is 0 Å². The van der Waals surface area contributed by atoms with Crippen LogP contribution < -0.4 is 5.32 Å². The maximum atomic E-state index is 9.29. The molecule has 0 spiro atoms. The summed E-state index contributed by atoms with van der Waals surface area (Å²) in [4.78, 5) is 0. The predicted octanol–water partition coefficient (Wildman–Crippen LogP) is 4.88. The van der Waals surface area contributed by atoms with E-state index < -0.39 is 0 Å². The highest BCUT2D eigenvalue weighted by Crippen LogP contribution is 2.29. The minimum atomic E-state index is 0.0908. The van der Waals surface area contributed by atoms with Crippen LogP contribution in [0, 0.1) is 0 Å². The van der Waals surface area contributed by atoms with Crippen LogP contribution in [-0.4, -0.2) is 11.1 Å². The Kier molecular flexibility index (Phi) is 6.59. The Bertz CT molecular complexity index is 746. The maximum absolute atomic E-state index is 9.29. The normalized spacial score (nSPS) is 12.3. The van der Waals surface area contributed by atoms with E-state index in [9.17, 15) is 5.11 Å². The van der Waals surface area contributed by atoms with Crippen molar-refractivity contribution in [3.63, 3.8) is 0 Å². The maximum Gasteiger partial charge on any atom is 0.0681 e. The second-order valence-electron chi connectivity index (χ2n) is 6.87. The van der Waals surface area contributed by atoms with Gasteiger partial charge in [-0.2, -0.15) is 0 Å². The van der Waals surface area contributed by atoms with Gasteiger partial charge in [-0.1, -0.05) is 84.9 Å². The molecule has 0 saturated heterocycles. The van der Waals surface area contributed by atoms with Gasteiger partial charge in [0.05, 0.1) is 6.61 Å². The number of benzene rings is 3. The first kappa shape index (κ1) is 18.4. The average molecular weight is 345 g/mol. The van der Waals surface area contributed by atoms with E-state index in [4.69, 9.17) is 0 Å². The third-order valence-electron chi connectivity index (χ3n) is 4.82. The third kappa shape index (κ3) is 5.04. The largest absolute Gasteiger partial charge is 0.392 e. The van der Waals surface area contributed by atoms with Gasteiger partial charge in [-0.05, 0) is 35.6 Å². The molecule has 0 aromatic heterocycles. The molecule has 2 heteroatoms. The fourth-order valence-electron chi connectivity index (χ4n) is 3.40. The molecule has 3 rings (SSSR count). The summed E-state index contributed by atoms with van der Waals surface area (Å²) >= 11 is 0. The van der Waals surface area contributed by atoms with E-state index in [-0.39, 0.29) is 6.61 Å². The van der Waals surface area contributed by atoms with Crippen molar-refractivity contribution in [2.45, 2.75) is 38.5 Å². The molecular formula is C24H27NO. The van der Waals surface area contributed by atoms with Crippen LogP contribution in [0.2, 0.25) is 0 Å². The van der Waals surface area contributed by atoms with Crippen molar-refractivity contribution in [1.82, 2.24) is 5.32 Å². The summed E-state index contributed by atoms with van der Waals surface area (Å²) in [6.45, 7) is 3.15. The minimum absolute atomic E-state index is 0.0908. The van der Waals surface area contributed by atoms with Crippen LogP contribution in [0.1, 0.15) is 41.5 Å². The lowest BCUT2D eigenvalue weighted by Crippen LogP contribution is -2.27. The van der Waals surface area contributed by atoms with Crippen LogP contribution in [0.5, 0.6) is 0 Å². The van der Waals surface area contributed by atoms with E-state index in [1.54, 1.807) is 0 Å². The third-order valence-corrected chi connectivity index (χ3v) is 4.82. The van der Waals surface area contributed by atoms with Crippen LogP contribution in [0.15, 0.2) is 84.9 Å². The molecule has 0 saturated carbocycles. The predicted molar refractivity (Wildman–Crippen MR) is 108 cm³/mol. The Morgan fingerprint density at radius 3 is 1.92 bits per heavy atom. The molecule has 0 fully saturated rings. The molecule has 2 N–H and O–H groups in total. The first-order valence-electron chi connectivity index (χ1n) is 9.28. The van der Waals surface area contributed by atoms with Gasteiger partial charge in [0.2, 0.25) is 0 Å². The quantitative estimate of drug-likeness (QED) is 0.610. The summed E-state index contributed by atoms with van der Waals surface area (Å²) in [6.07, 6.45) is 1.04. The molecular weight excluding hydrogens is 318 g/mol. The smallest absolute Gasteiger partial charge is 0.0681 e. The molecule has 0 aliphatic rings. The van der Waals surface area contributed by atoms with E-state index in [2.05, 4.69) is 85.0 Å². The van der Waals surface area contributed by atoms with Crippen LogP contribution in [-0.2, 0) is 13.2 Å². The molecule has 1 unspecified atom stereocenters. The summed E-state index contributed by atoms with van der Waals surface area (Å²) in [6, 6.07) is 30.0. The zero-order chi connectivity index (χ0) is 18.2. The van der Waals surface area contributed by atoms with E-state index in [0.717, 1.165) is 18.5 Å². The van der Waals surface area contributed by atoms with Crippen molar-refractivity contribution in [2.75, 3.05) is 0 Å². The second-order valence-corrected chi connectivity index (χ2v) is 6.87. The Morgan fingerprint density at radius 2 is 1.35 bits per heavy atom. The van der Waals surface area contributed by atoms with Crippen molar-refractivity contribution < 1.29 is 5.11 Å². The number of aliphatic hydroxyl groups is 1. The fourth-order valence-corrected chi connectivity index (χ4v) is 3.40. The highest BCUT2D eigenvalue weighted by molar-refractivity contribution is 5.32. The van der Waals surface area contributed by atoms with Gasteiger partial charge in [0.25, 0.3) is 0 Å². The van der Waals surface area contributed by atoms with Gasteiger partial charge in [-0.15, -0.1) is 0 Å². The van der Waals surface area contributed by atoms with Gasteiger partial charge in [0.1, 0.15) is 0 Å². The Hall–Kier alpha value is -2.42. The molecule has 3 aromatic rings. The van der Waals surface area contributed by atoms with Gasteiger partial charge < -0.3 is 10.4 Å². The van der Waals surface area contributed by atoms with Crippen molar-refractivity contribution in [1.29, 1.82) is 0 Å². The molecule has 0 bridgehead atoms. The molecule has 0 radical (unpaired) electrons. The molecule has 1 atom stereocenters. The summed E-state index contributed by atoms with van der Waals surface area (Å²) in [5.74, 6) is 0.378. The highest BCUT2D eigenvalue weighted by atomic mass is 16.3. The average Bonchev–Trinajstić information content (AvgIpc) is 2.72. The van der Waals surface area contributed by atoms with Crippen LogP contribution in [0.4, 0.5) is 0 Å². The monoisotopic (exact) mass is 345 g/mol. The first-order chi connectivity index (χ1) is 12.8. The van der Waals surface area contributed by atoms with Crippen molar-refractivity contribution in [2.24, 2.45) is 0 Å². The van der Waals surface area contributed by atoms with E-state index >= 15 is 0 Å². The zero-order valence-corrected chi connectivity index (χ0v) is 15.3. The number of aliphatic hydroxyl groups excluding tert-OH is 1. The molecule has 0 heterocycles. The van der Waals surface area contributed by atoms with Gasteiger partial charge in [0, 0.05) is 18.5 Å². The van der Waals surface area contributed by atoms with Gasteiger partial charge >= 0.3 is 0 Å². The first-order valence-corrected chi connectivity index (χ1v) is 9.28. The van der Waals surface area contributed by atoms with Crippen LogP contribution in [0.3, 0.4) is 0 Å². The van der Waals surface area contributed by atoms with Crippen molar-refractivity contribution in [3.05, 3.63) is 107 Å². The summed E-state index contributed by atoms with van der Waals surface area (Å²) in [5.41, 5.74) is 4.88. The number of nitrogens with one attached hydrogen (secondary N) is 1. The lowest BCUT2D eigenvalue weighted by Gasteiger charge is -2.23. The summed E-state index contributed by atoms with van der Waals surface area (Å²) < 4.78 is 0. The Balaban J connectivity index is 1.68. The van der Waals surface area contributed by atoms with Crippen molar-refractivity contribution in [3.8, 4) is 0 Å². The van der Waals surface area contributed by atoms with E-state index in [1.807, 2.05) is 12.1 Å². The molecule has 0 aliphatic carbocycles. The number of hydrogen-bond acceptors (Lipinski definition) is 2. The molecule has 3 aromatic carbocycles. The number of hydrogen-bond donors (Lipinski definition) is 2. The summed E-state index contributed by atoms with van der Waals surface area (Å²) in [7, 11) is 0.